The van der Waals surface area contributed by atoms with Crippen molar-refractivity contribution in [2.24, 2.45) is 0 Å². The van der Waals surface area contributed by atoms with Crippen LogP contribution in [0.15, 0.2) is 109 Å². The molecule has 27 heavy (non-hydrogen) atoms. The molecule has 4 aromatic rings. The molecule has 0 amide bonds. The summed E-state index contributed by atoms with van der Waals surface area (Å²) in [5.74, 6) is 0.563. The second-order valence-corrected chi connectivity index (χ2v) is 17.2. The van der Waals surface area contributed by atoms with Gasteiger partial charge in [-0.15, -0.1) is 0 Å². The minimum absolute atomic E-state index is 0.282. The average molecular weight is 459 g/mol. The normalized spacial score (nSPS) is 11.3. The first kappa shape index (κ1) is 17.7. The first-order chi connectivity index (χ1) is 13.2. The summed E-state index contributed by atoms with van der Waals surface area (Å²) in [5, 5.41) is 21.8. The van der Waals surface area contributed by atoms with Gasteiger partial charge in [-0.3, -0.25) is 0 Å². The number of aromatic hydroxyl groups is 2. The zero-order valence-electron chi connectivity index (χ0n) is 14.8. The molecule has 0 fully saturated rings. The van der Waals surface area contributed by atoms with Crippen molar-refractivity contribution in [2.45, 2.75) is 0 Å². The van der Waals surface area contributed by atoms with Crippen LogP contribution in [-0.4, -0.2) is 28.6 Å². The molecule has 0 aliphatic carbocycles. The van der Waals surface area contributed by atoms with E-state index in [1.165, 1.54) is 7.16 Å². The predicted octanol–water partition coefficient (Wildman–Crippen LogP) is 2.48. The van der Waals surface area contributed by atoms with Crippen molar-refractivity contribution >= 4 is 32.7 Å². The second kappa shape index (κ2) is 7.49. The molecular formula is C24H20O2Sn. The molecule has 4 aromatic carbocycles. The number of hydrogen-bond acceptors (Lipinski definition) is 2. The minimum atomic E-state index is -3.93. The van der Waals surface area contributed by atoms with Crippen molar-refractivity contribution in [3.8, 4) is 11.5 Å². The molecule has 0 spiro atoms. The van der Waals surface area contributed by atoms with E-state index in [1.54, 1.807) is 12.1 Å². The third-order valence-corrected chi connectivity index (χ3v) is 18.9. The third-order valence-electron chi connectivity index (χ3n) is 5.03. The first-order valence-corrected chi connectivity index (χ1v) is 14.6. The number of phenolic OH excluding ortho intramolecular Hbond substituents is 2. The quantitative estimate of drug-likeness (QED) is 0.461. The van der Waals surface area contributed by atoms with Gasteiger partial charge >= 0.3 is 164 Å². The van der Waals surface area contributed by atoms with Crippen molar-refractivity contribution < 1.29 is 10.2 Å². The zero-order valence-corrected chi connectivity index (χ0v) is 17.6. The van der Waals surface area contributed by atoms with E-state index in [1.807, 2.05) is 72.8 Å². The Bertz CT molecular complexity index is 959. The van der Waals surface area contributed by atoms with Crippen LogP contribution < -0.4 is 14.3 Å². The van der Waals surface area contributed by atoms with Gasteiger partial charge < -0.3 is 0 Å². The van der Waals surface area contributed by atoms with Crippen LogP contribution in [0.1, 0.15) is 0 Å². The van der Waals surface area contributed by atoms with Crippen LogP contribution in [0, 0.1) is 0 Å². The summed E-state index contributed by atoms with van der Waals surface area (Å²) in [5.41, 5.74) is 0. The number of hydrogen-bond donors (Lipinski definition) is 2. The van der Waals surface area contributed by atoms with Crippen molar-refractivity contribution in [3.05, 3.63) is 109 Å². The van der Waals surface area contributed by atoms with Crippen LogP contribution >= 0.6 is 0 Å². The van der Waals surface area contributed by atoms with E-state index in [2.05, 4.69) is 24.3 Å². The van der Waals surface area contributed by atoms with Crippen LogP contribution in [0.3, 0.4) is 0 Å². The van der Waals surface area contributed by atoms with Gasteiger partial charge in [0.25, 0.3) is 0 Å². The van der Waals surface area contributed by atoms with Gasteiger partial charge in [0.1, 0.15) is 0 Å². The Kier molecular flexibility index (Phi) is 4.90. The molecule has 0 heterocycles. The number of para-hydroxylation sites is 2. The van der Waals surface area contributed by atoms with E-state index in [-0.39, 0.29) is 11.5 Å². The molecule has 0 aromatic heterocycles. The molecule has 2 N–H and O–H groups in total. The molecule has 0 unspecified atom stereocenters. The molecule has 0 atom stereocenters. The molecule has 0 aliphatic heterocycles. The zero-order chi connectivity index (χ0) is 18.7. The molecule has 4 rings (SSSR count). The third kappa shape index (κ3) is 3.00. The van der Waals surface area contributed by atoms with Crippen LogP contribution in [0.25, 0.3) is 0 Å². The van der Waals surface area contributed by atoms with E-state index in [0.29, 0.717) is 0 Å². The van der Waals surface area contributed by atoms with E-state index in [0.717, 1.165) is 7.16 Å². The van der Waals surface area contributed by atoms with Crippen molar-refractivity contribution in [3.63, 3.8) is 0 Å². The molecular weight excluding hydrogens is 439 g/mol. The van der Waals surface area contributed by atoms with Crippen LogP contribution in [0.2, 0.25) is 0 Å². The fraction of sp³-hybridized carbons (Fsp3) is 0. The summed E-state index contributed by atoms with van der Waals surface area (Å²) in [6, 6.07) is 35.8. The molecule has 2 nitrogen and oxygen atoms in total. The Morgan fingerprint density at radius 1 is 0.407 bits per heavy atom. The summed E-state index contributed by atoms with van der Waals surface area (Å²) >= 11 is -3.93. The van der Waals surface area contributed by atoms with Gasteiger partial charge in [-0.05, 0) is 0 Å². The number of rotatable bonds is 4. The van der Waals surface area contributed by atoms with Gasteiger partial charge in [0, 0.05) is 0 Å². The molecule has 0 saturated carbocycles. The molecule has 0 aliphatic rings. The van der Waals surface area contributed by atoms with Gasteiger partial charge in [-0.25, -0.2) is 0 Å². The number of benzene rings is 4. The second-order valence-electron chi connectivity index (χ2n) is 6.52. The van der Waals surface area contributed by atoms with E-state index in [4.69, 9.17) is 0 Å². The molecule has 3 heteroatoms. The molecule has 132 valence electrons. The van der Waals surface area contributed by atoms with Crippen LogP contribution in [0.5, 0.6) is 11.5 Å². The number of phenols is 2. The summed E-state index contributed by atoms with van der Waals surface area (Å²) in [7, 11) is 0. The van der Waals surface area contributed by atoms with Crippen molar-refractivity contribution in [1.82, 2.24) is 0 Å². The Hall–Kier alpha value is -2.72. The predicted molar refractivity (Wildman–Crippen MR) is 113 cm³/mol. The molecule has 0 radical (unpaired) electrons. The summed E-state index contributed by atoms with van der Waals surface area (Å²) in [6.07, 6.45) is 0. The standard InChI is InChI=1S/2C6H5O.2C6H5.Sn/c2*7-6-4-2-1-3-5-6;2*1-2-4-6-5-3-1;/h2*1-4,7H;2*1-5H;. The van der Waals surface area contributed by atoms with Gasteiger partial charge in [-0.1, -0.05) is 0 Å². The Morgan fingerprint density at radius 3 is 1.11 bits per heavy atom. The summed E-state index contributed by atoms with van der Waals surface area (Å²) < 4.78 is 4.23. The van der Waals surface area contributed by atoms with Crippen LogP contribution in [-0.2, 0) is 0 Å². The fourth-order valence-corrected chi connectivity index (χ4v) is 17.8. The Balaban J connectivity index is 2.20. The van der Waals surface area contributed by atoms with E-state index in [9.17, 15) is 10.2 Å². The van der Waals surface area contributed by atoms with Crippen LogP contribution in [0.4, 0.5) is 0 Å². The summed E-state index contributed by atoms with van der Waals surface area (Å²) in [4.78, 5) is 0. The monoisotopic (exact) mass is 460 g/mol. The first-order valence-electron chi connectivity index (χ1n) is 8.92. The maximum atomic E-state index is 10.9. The van der Waals surface area contributed by atoms with Gasteiger partial charge in [0.05, 0.1) is 0 Å². The van der Waals surface area contributed by atoms with Gasteiger partial charge in [0.2, 0.25) is 0 Å². The van der Waals surface area contributed by atoms with Crippen molar-refractivity contribution in [1.29, 1.82) is 0 Å². The molecule has 0 bridgehead atoms. The average Bonchev–Trinajstić information content (AvgIpc) is 2.73. The maximum absolute atomic E-state index is 10.9. The SMILES string of the molecule is Oc1cccc[c]1[Sn]([c]1ccccc1)([c]1ccccc1)[c]1ccccc1O. The Labute approximate surface area is 163 Å². The Morgan fingerprint density at radius 2 is 0.741 bits per heavy atom. The van der Waals surface area contributed by atoms with Gasteiger partial charge in [-0.2, -0.15) is 0 Å². The summed E-state index contributed by atoms with van der Waals surface area (Å²) in [6.45, 7) is 0. The fourth-order valence-electron chi connectivity index (χ4n) is 3.89. The van der Waals surface area contributed by atoms with Gasteiger partial charge in [0.15, 0.2) is 0 Å². The van der Waals surface area contributed by atoms with E-state index < -0.39 is 18.4 Å². The van der Waals surface area contributed by atoms with E-state index >= 15 is 0 Å². The topological polar surface area (TPSA) is 40.5 Å². The molecule has 0 saturated heterocycles. The van der Waals surface area contributed by atoms with Crippen molar-refractivity contribution in [2.75, 3.05) is 0 Å².